The van der Waals surface area contributed by atoms with Crippen LogP contribution in [0.1, 0.15) is 20.3 Å². The molecule has 2 aromatic heterocycles. The van der Waals surface area contributed by atoms with Gasteiger partial charge in [-0.1, -0.05) is 6.92 Å². The number of ether oxygens (including phenoxy) is 1. The van der Waals surface area contributed by atoms with Crippen LogP contribution in [0.25, 0.3) is 11.2 Å². The second kappa shape index (κ2) is 7.26. The summed E-state index contributed by atoms with van der Waals surface area (Å²) in [6.07, 6.45) is 3.69. The van der Waals surface area contributed by atoms with Gasteiger partial charge in [0.05, 0.1) is 23.0 Å². The van der Waals surface area contributed by atoms with E-state index in [0.29, 0.717) is 28.4 Å². The number of hydrogen-bond acceptors (Lipinski definition) is 7. The molecule has 0 spiro atoms. The van der Waals surface area contributed by atoms with Gasteiger partial charge >= 0.3 is 0 Å². The summed E-state index contributed by atoms with van der Waals surface area (Å²) >= 11 is 0. The fourth-order valence-electron chi connectivity index (χ4n) is 2.28. The maximum absolute atomic E-state index is 12.1. The largest absolute Gasteiger partial charge is 0.489 e. The van der Waals surface area contributed by atoms with Gasteiger partial charge in [0, 0.05) is 0 Å². The van der Waals surface area contributed by atoms with Crippen LogP contribution in [0.5, 0.6) is 5.75 Å². The van der Waals surface area contributed by atoms with Gasteiger partial charge in [-0.05, 0) is 38.6 Å². The number of imidazole rings is 1. The number of nitrogens with one attached hydrogen (secondary N) is 3. The van der Waals surface area contributed by atoms with Crippen LogP contribution in [0.3, 0.4) is 0 Å². The van der Waals surface area contributed by atoms with Crippen LogP contribution in [-0.2, 0) is 10.0 Å². The quantitative estimate of drug-likeness (QED) is 0.578. The van der Waals surface area contributed by atoms with E-state index in [9.17, 15) is 8.42 Å². The summed E-state index contributed by atoms with van der Waals surface area (Å²) in [5, 5.41) is 3.13. The van der Waals surface area contributed by atoms with E-state index in [2.05, 4.69) is 30.0 Å². The monoisotopic (exact) mass is 376 g/mol. The van der Waals surface area contributed by atoms with Gasteiger partial charge in [-0.3, -0.25) is 0 Å². The summed E-state index contributed by atoms with van der Waals surface area (Å²) in [6, 6.07) is 4.64. The topological polar surface area (TPSA) is 122 Å². The highest BCUT2D eigenvalue weighted by atomic mass is 32.2. The standard InChI is InChI=1S/C16H20N6O3S/c1-4-10(2)25-13-6-5-11(26(23,24)17-3)7-12(13)22-16-14-15(19-8-18-14)20-9-21-16/h5-10,17H,4H2,1-3H3,(H2,18,19,20,21,22). The Morgan fingerprint density at radius 2 is 2.08 bits per heavy atom. The molecule has 0 fully saturated rings. The van der Waals surface area contributed by atoms with Crippen molar-refractivity contribution in [3.63, 3.8) is 0 Å². The Morgan fingerprint density at radius 1 is 1.27 bits per heavy atom. The molecule has 2 heterocycles. The molecule has 138 valence electrons. The molecule has 0 aliphatic carbocycles. The summed E-state index contributed by atoms with van der Waals surface area (Å²) in [4.78, 5) is 15.5. The van der Waals surface area contributed by atoms with E-state index in [-0.39, 0.29) is 11.0 Å². The third kappa shape index (κ3) is 3.60. The predicted molar refractivity (Wildman–Crippen MR) is 98.0 cm³/mol. The van der Waals surface area contributed by atoms with Crippen LogP contribution >= 0.6 is 0 Å². The molecule has 0 bridgehead atoms. The summed E-state index contributed by atoms with van der Waals surface area (Å²) in [6.45, 7) is 3.95. The molecule has 1 aromatic carbocycles. The van der Waals surface area contributed by atoms with E-state index in [4.69, 9.17) is 4.74 Å². The summed E-state index contributed by atoms with van der Waals surface area (Å²) in [5.74, 6) is 1.00. The number of benzene rings is 1. The molecule has 0 saturated carbocycles. The number of fused-ring (bicyclic) bond motifs is 1. The second-order valence-corrected chi connectivity index (χ2v) is 7.54. The van der Waals surface area contributed by atoms with Gasteiger partial charge in [-0.25, -0.2) is 28.1 Å². The molecular weight excluding hydrogens is 356 g/mol. The van der Waals surface area contributed by atoms with Crippen LogP contribution in [0, 0.1) is 0 Å². The lowest BCUT2D eigenvalue weighted by Crippen LogP contribution is -2.19. The van der Waals surface area contributed by atoms with E-state index in [0.717, 1.165) is 6.42 Å². The third-order valence-corrected chi connectivity index (χ3v) is 5.32. The lowest BCUT2D eigenvalue weighted by atomic mass is 10.2. The average molecular weight is 376 g/mol. The second-order valence-electron chi connectivity index (χ2n) is 5.65. The number of aromatic amines is 1. The Balaban J connectivity index is 2.06. The minimum atomic E-state index is -3.59. The molecule has 0 aliphatic rings. The van der Waals surface area contributed by atoms with Crippen molar-refractivity contribution in [2.75, 3.05) is 12.4 Å². The molecule has 1 unspecified atom stereocenters. The van der Waals surface area contributed by atoms with Crippen molar-refractivity contribution in [2.45, 2.75) is 31.3 Å². The van der Waals surface area contributed by atoms with Gasteiger partial charge in [0.2, 0.25) is 10.0 Å². The Hall–Kier alpha value is -2.72. The summed E-state index contributed by atoms with van der Waals surface area (Å²) < 4.78 is 32.5. The van der Waals surface area contributed by atoms with Crippen LogP contribution in [0.4, 0.5) is 11.5 Å². The molecule has 26 heavy (non-hydrogen) atoms. The molecule has 3 rings (SSSR count). The maximum Gasteiger partial charge on any atom is 0.240 e. The lowest BCUT2D eigenvalue weighted by molar-refractivity contribution is 0.218. The zero-order valence-corrected chi connectivity index (χ0v) is 15.5. The predicted octanol–water partition coefficient (Wildman–Crippen LogP) is 2.18. The first-order chi connectivity index (χ1) is 12.4. The number of anilines is 2. The molecule has 9 nitrogen and oxygen atoms in total. The summed E-state index contributed by atoms with van der Waals surface area (Å²) in [5.41, 5.74) is 1.60. The van der Waals surface area contributed by atoms with E-state index in [1.165, 1.54) is 31.8 Å². The number of sulfonamides is 1. The first-order valence-electron chi connectivity index (χ1n) is 8.10. The number of H-pyrrole nitrogens is 1. The van der Waals surface area contributed by atoms with E-state index < -0.39 is 10.0 Å². The zero-order valence-electron chi connectivity index (χ0n) is 14.6. The zero-order chi connectivity index (χ0) is 18.7. The molecular formula is C16H20N6O3S. The highest BCUT2D eigenvalue weighted by molar-refractivity contribution is 7.89. The van der Waals surface area contributed by atoms with Crippen LogP contribution in [-0.4, -0.2) is 41.5 Å². The van der Waals surface area contributed by atoms with Gasteiger partial charge in [0.25, 0.3) is 0 Å². The smallest absolute Gasteiger partial charge is 0.240 e. The van der Waals surface area contributed by atoms with Crippen LogP contribution in [0.2, 0.25) is 0 Å². The van der Waals surface area contributed by atoms with Crippen molar-refractivity contribution in [2.24, 2.45) is 0 Å². The Morgan fingerprint density at radius 3 is 2.81 bits per heavy atom. The minimum absolute atomic E-state index is 0.0279. The Kier molecular flexibility index (Phi) is 5.05. The molecule has 1 atom stereocenters. The van der Waals surface area contributed by atoms with Crippen LogP contribution < -0.4 is 14.8 Å². The molecule has 3 aromatic rings. The van der Waals surface area contributed by atoms with Crippen molar-refractivity contribution in [1.82, 2.24) is 24.7 Å². The molecule has 0 aliphatic heterocycles. The molecule has 10 heteroatoms. The first kappa shape index (κ1) is 18.1. The number of hydrogen-bond donors (Lipinski definition) is 3. The normalized spacial score (nSPS) is 12.9. The SMILES string of the molecule is CCC(C)Oc1ccc(S(=O)(=O)NC)cc1Nc1ncnc2nc[nH]c12. The van der Waals surface area contributed by atoms with Crippen molar-refractivity contribution < 1.29 is 13.2 Å². The Labute approximate surface area is 151 Å². The van der Waals surface area contributed by atoms with Crippen molar-refractivity contribution >= 4 is 32.7 Å². The minimum Gasteiger partial charge on any atom is -0.489 e. The van der Waals surface area contributed by atoms with E-state index in [1.807, 2.05) is 13.8 Å². The highest BCUT2D eigenvalue weighted by Crippen LogP contribution is 2.32. The summed E-state index contributed by atoms with van der Waals surface area (Å²) in [7, 11) is -2.23. The van der Waals surface area contributed by atoms with Gasteiger partial charge < -0.3 is 15.0 Å². The third-order valence-electron chi connectivity index (χ3n) is 3.91. The van der Waals surface area contributed by atoms with E-state index >= 15 is 0 Å². The molecule has 0 amide bonds. The average Bonchev–Trinajstić information content (AvgIpc) is 3.12. The van der Waals surface area contributed by atoms with Crippen molar-refractivity contribution in [3.05, 3.63) is 30.9 Å². The molecule has 0 radical (unpaired) electrons. The fourth-order valence-corrected chi connectivity index (χ4v) is 3.04. The fraction of sp³-hybridized carbons (Fsp3) is 0.312. The van der Waals surface area contributed by atoms with E-state index in [1.54, 1.807) is 6.07 Å². The van der Waals surface area contributed by atoms with Crippen molar-refractivity contribution in [3.8, 4) is 5.75 Å². The molecule has 0 saturated heterocycles. The Bertz CT molecular complexity index is 1020. The lowest BCUT2D eigenvalue weighted by Gasteiger charge is -2.18. The van der Waals surface area contributed by atoms with Crippen LogP contribution in [0.15, 0.2) is 35.7 Å². The number of nitrogens with zero attached hydrogens (tertiary/aromatic N) is 3. The first-order valence-corrected chi connectivity index (χ1v) is 9.58. The maximum atomic E-state index is 12.1. The van der Waals surface area contributed by atoms with Crippen molar-refractivity contribution in [1.29, 1.82) is 0 Å². The number of aromatic nitrogens is 4. The van der Waals surface area contributed by atoms with Gasteiger partial charge in [0.1, 0.15) is 17.6 Å². The van der Waals surface area contributed by atoms with Gasteiger partial charge in [-0.2, -0.15) is 0 Å². The van der Waals surface area contributed by atoms with Gasteiger partial charge in [-0.15, -0.1) is 0 Å². The van der Waals surface area contributed by atoms with Gasteiger partial charge in [0.15, 0.2) is 11.5 Å². The number of rotatable bonds is 7. The highest BCUT2D eigenvalue weighted by Gasteiger charge is 2.17. The molecule has 3 N–H and O–H groups in total.